The van der Waals surface area contributed by atoms with Crippen LogP contribution in [-0.2, 0) is 17.6 Å². The number of fused-ring (bicyclic) bond motifs is 2. The van der Waals surface area contributed by atoms with Crippen molar-refractivity contribution in [2.24, 2.45) is 5.73 Å². The van der Waals surface area contributed by atoms with Gasteiger partial charge in [-0.05, 0) is 93.9 Å². The lowest BCUT2D eigenvalue weighted by atomic mass is 9.83. The fourth-order valence-corrected chi connectivity index (χ4v) is 6.43. The molecule has 2 fully saturated rings. The normalized spacial score (nSPS) is 20.3. The van der Waals surface area contributed by atoms with E-state index in [1.165, 1.54) is 41.8 Å². The number of carbonyl (C=O) groups excluding carboxylic acids is 1. The maximum Gasteiger partial charge on any atom is 0.238 e. The Morgan fingerprint density at radius 2 is 1.57 bits per heavy atom. The Kier molecular flexibility index (Phi) is 8.64. The Balaban J connectivity index is 0.00000289. The average Bonchev–Trinajstić information content (AvgIpc) is 3.02. The van der Waals surface area contributed by atoms with E-state index in [2.05, 4.69) is 51.1 Å². The number of para-hydroxylation sites is 1. The Bertz CT molecular complexity index is 1020. The summed E-state index contributed by atoms with van der Waals surface area (Å²) in [6, 6.07) is 15.1. The molecule has 5 nitrogen and oxygen atoms in total. The number of rotatable bonds is 6. The molecule has 0 spiro atoms. The molecule has 35 heavy (non-hydrogen) atoms. The molecule has 2 N–H and O–H groups in total. The summed E-state index contributed by atoms with van der Waals surface area (Å²) in [6.07, 6.45) is 8.50. The molecule has 0 aromatic heterocycles. The van der Waals surface area contributed by atoms with Gasteiger partial charge in [0.05, 0.1) is 0 Å². The van der Waals surface area contributed by atoms with Gasteiger partial charge >= 0.3 is 0 Å². The minimum atomic E-state index is -0.434. The lowest BCUT2D eigenvalue weighted by Crippen LogP contribution is -2.63. The van der Waals surface area contributed by atoms with Crippen LogP contribution in [0.15, 0.2) is 42.5 Å². The first-order chi connectivity index (χ1) is 16.6. The predicted molar refractivity (Wildman–Crippen MR) is 147 cm³/mol. The van der Waals surface area contributed by atoms with E-state index in [9.17, 15) is 4.79 Å². The summed E-state index contributed by atoms with van der Waals surface area (Å²) in [5.41, 5.74) is 10.9. The number of halogens is 2. The van der Waals surface area contributed by atoms with Gasteiger partial charge in [-0.25, -0.2) is 0 Å². The van der Waals surface area contributed by atoms with Crippen molar-refractivity contribution in [3.8, 4) is 0 Å². The fourth-order valence-electron chi connectivity index (χ4n) is 6.26. The van der Waals surface area contributed by atoms with Gasteiger partial charge in [0.1, 0.15) is 5.54 Å². The Morgan fingerprint density at radius 3 is 2.29 bits per heavy atom. The van der Waals surface area contributed by atoms with Gasteiger partial charge in [0, 0.05) is 36.0 Å². The number of benzene rings is 2. The Labute approximate surface area is 221 Å². The third-order valence-electron chi connectivity index (χ3n) is 8.24. The average molecular weight is 518 g/mol. The van der Waals surface area contributed by atoms with Gasteiger partial charge in [0.25, 0.3) is 0 Å². The van der Waals surface area contributed by atoms with Crippen molar-refractivity contribution in [3.63, 3.8) is 0 Å². The zero-order valence-corrected chi connectivity index (χ0v) is 22.1. The molecule has 0 aliphatic carbocycles. The molecule has 2 aromatic rings. The molecule has 190 valence electrons. The Hall–Kier alpha value is -1.79. The molecule has 3 aliphatic rings. The van der Waals surface area contributed by atoms with Crippen LogP contribution in [0.2, 0.25) is 5.02 Å². The second kappa shape index (κ2) is 11.5. The number of nitrogens with zero attached hydrogens (tertiary/aromatic N) is 3. The van der Waals surface area contributed by atoms with Gasteiger partial charge in [-0.15, -0.1) is 12.4 Å². The van der Waals surface area contributed by atoms with Crippen LogP contribution in [0.1, 0.15) is 49.7 Å². The van der Waals surface area contributed by atoms with Crippen LogP contribution >= 0.6 is 24.0 Å². The number of aryl methyl sites for hydroxylation is 2. The topological polar surface area (TPSA) is 52.8 Å². The monoisotopic (exact) mass is 516 g/mol. The highest BCUT2D eigenvalue weighted by Gasteiger charge is 2.44. The highest BCUT2D eigenvalue weighted by molar-refractivity contribution is 6.30. The molecule has 2 aromatic carbocycles. The first-order valence-electron chi connectivity index (χ1n) is 13.0. The van der Waals surface area contributed by atoms with Gasteiger partial charge in [0.15, 0.2) is 0 Å². The van der Waals surface area contributed by atoms with Crippen molar-refractivity contribution in [2.75, 3.05) is 44.2 Å². The van der Waals surface area contributed by atoms with Crippen molar-refractivity contribution >= 4 is 41.3 Å². The van der Waals surface area contributed by atoms with Gasteiger partial charge in [-0.3, -0.25) is 9.69 Å². The smallest absolute Gasteiger partial charge is 0.238 e. The van der Waals surface area contributed by atoms with Gasteiger partial charge in [0.2, 0.25) is 5.91 Å². The molecule has 1 amide bonds. The number of primary amides is 1. The summed E-state index contributed by atoms with van der Waals surface area (Å²) < 4.78 is 0. The summed E-state index contributed by atoms with van der Waals surface area (Å²) in [4.78, 5) is 19.9. The van der Waals surface area contributed by atoms with Crippen molar-refractivity contribution < 1.29 is 4.79 Å². The maximum atomic E-state index is 12.5. The number of carbonyl (C=O) groups is 1. The van der Waals surface area contributed by atoms with Crippen LogP contribution < -0.4 is 10.6 Å². The van der Waals surface area contributed by atoms with E-state index in [1.54, 1.807) is 0 Å². The molecule has 3 heterocycles. The molecule has 0 atom stereocenters. The number of likely N-dealkylation sites (tertiary alicyclic amines) is 2. The molecular weight excluding hydrogens is 479 g/mol. The third-order valence-corrected chi connectivity index (χ3v) is 8.48. The number of hydrogen-bond acceptors (Lipinski definition) is 4. The van der Waals surface area contributed by atoms with Gasteiger partial charge < -0.3 is 15.5 Å². The van der Waals surface area contributed by atoms with Crippen LogP contribution in [0.25, 0.3) is 0 Å². The molecule has 7 heteroatoms. The van der Waals surface area contributed by atoms with Crippen LogP contribution in [0.4, 0.5) is 11.4 Å². The maximum absolute atomic E-state index is 12.5. The number of nitrogens with two attached hydrogens (primary N) is 1. The summed E-state index contributed by atoms with van der Waals surface area (Å²) in [7, 11) is 0. The molecule has 2 saturated heterocycles. The number of piperidine rings is 2. The standard InChI is InChI=1S/C28H37ClN4O.ClH/c29-24-12-11-23-10-9-22-7-2-3-8-25(22)33(26(23)21-24)18-6-15-31-19-13-28(14-20-31,27(30)34)32-16-4-1-5-17-32;/h2-3,7-8,11-12,21H,1,4-6,9-10,13-20H2,(H2,30,34);1H. The molecule has 0 radical (unpaired) electrons. The van der Waals surface area contributed by atoms with E-state index in [0.717, 1.165) is 76.4 Å². The van der Waals surface area contributed by atoms with Gasteiger partial charge in [-0.2, -0.15) is 0 Å². The van der Waals surface area contributed by atoms with E-state index in [-0.39, 0.29) is 18.3 Å². The van der Waals surface area contributed by atoms with Crippen LogP contribution in [0.5, 0.6) is 0 Å². The zero-order chi connectivity index (χ0) is 23.5. The Morgan fingerprint density at radius 1 is 0.886 bits per heavy atom. The number of anilines is 2. The van der Waals surface area contributed by atoms with Crippen molar-refractivity contribution in [1.29, 1.82) is 0 Å². The van der Waals surface area contributed by atoms with E-state index in [1.807, 2.05) is 6.07 Å². The van der Waals surface area contributed by atoms with E-state index in [0.29, 0.717) is 0 Å². The second-order valence-electron chi connectivity index (χ2n) is 10.2. The fraction of sp³-hybridized carbons (Fsp3) is 0.536. The number of amides is 1. The molecule has 0 saturated carbocycles. The summed E-state index contributed by atoms with van der Waals surface area (Å²) in [5, 5.41) is 0.791. The zero-order valence-electron chi connectivity index (χ0n) is 20.6. The highest BCUT2D eigenvalue weighted by atomic mass is 35.5. The van der Waals surface area contributed by atoms with Crippen molar-refractivity contribution in [3.05, 3.63) is 58.6 Å². The first-order valence-corrected chi connectivity index (χ1v) is 13.4. The largest absolute Gasteiger partial charge is 0.368 e. The molecular formula is C28H38Cl2N4O. The lowest BCUT2D eigenvalue weighted by Gasteiger charge is -2.48. The van der Waals surface area contributed by atoms with Crippen molar-refractivity contribution in [2.45, 2.75) is 56.9 Å². The first kappa shape index (κ1) is 26.3. The molecule has 3 aliphatic heterocycles. The molecule has 5 rings (SSSR count). The summed E-state index contributed by atoms with van der Waals surface area (Å²) in [6.45, 7) is 5.90. The number of hydrogen-bond donors (Lipinski definition) is 1. The minimum Gasteiger partial charge on any atom is -0.368 e. The minimum absolute atomic E-state index is 0. The predicted octanol–water partition coefficient (Wildman–Crippen LogP) is 5.19. The lowest BCUT2D eigenvalue weighted by molar-refractivity contribution is -0.134. The third kappa shape index (κ3) is 5.48. The SMILES string of the molecule is Cl.NC(=O)C1(N2CCCCC2)CCN(CCCN2c3ccccc3CCc3ccc(Cl)cc32)CC1. The van der Waals surface area contributed by atoms with E-state index >= 15 is 0 Å². The van der Waals surface area contributed by atoms with Crippen molar-refractivity contribution in [1.82, 2.24) is 9.80 Å². The quantitative estimate of drug-likeness (QED) is 0.573. The second-order valence-corrected chi connectivity index (χ2v) is 10.6. The van der Waals surface area contributed by atoms with Crippen LogP contribution in [-0.4, -0.2) is 60.5 Å². The van der Waals surface area contributed by atoms with Crippen LogP contribution in [0, 0.1) is 0 Å². The van der Waals surface area contributed by atoms with Gasteiger partial charge in [-0.1, -0.05) is 42.3 Å². The van der Waals surface area contributed by atoms with E-state index in [4.69, 9.17) is 17.3 Å². The molecule has 0 unspecified atom stereocenters. The highest BCUT2D eigenvalue weighted by Crippen LogP contribution is 2.38. The summed E-state index contributed by atoms with van der Waals surface area (Å²) >= 11 is 6.42. The summed E-state index contributed by atoms with van der Waals surface area (Å²) in [5.74, 6) is -0.122. The molecule has 0 bridgehead atoms. The van der Waals surface area contributed by atoms with Crippen LogP contribution in [0.3, 0.4) is 0 Å². The van der Waals surface area contributed by atoms with E-state index < -0.39 is 5.54 Å².